The van der Waals surface area contributed by atoms with Crippen LogP contribution >= 0.6 is 0 Å². The van der Waals surface area contributed by atoms with Crippen molar-refractivity contribution >= 4 is 5.97 Å². The number of carbonyl (C=O) groups excluding carboxylic acids is 1. The fourth-order valence-electron chi connectivity index (χ4n) is 1.42. The first-order chi connectivity index (χ1) is 7.06. The number of hydrogen-bond donors (Lipinski definition) is 0. The lowest BCUT2D eigenvalue weighted by atomic mass is 9.97. The Morgan fingerprint density at radius 3 is 2.40 bits per heavy atom. The number of benzene rings is 1. The van der Waals surface area contributed by atoms with E-state index in [0.29, 0.717) is 0 Å². The van der Waals surface area contributed by atoms with Gasteiger partial charge in [-0.05, 0) is 18.1 Å². The van der Waals surface area contributed by atoms with Gasteiger partial charge in [0.05, 0.1) is 13.5 Å². The SMILES string of the molecule is COC(=O)CC(C)c1c(F)cccc1F. The molecule has 0 amide bonds. The van der Waals surface area contributed by atoms with Gasteiger partial charge in [0.1, 0.15) is 11.6 Å². The number of esters is 1. The molecule has 0 aliphatic heterocycles. The molecular weight excluding hydrogens is 202 g/mol. The van der Waals surface area contributed by atoms with Crippen molar-refractivity contribution in [2.45, 2.75) is 19.3 Å². The fraction of sp³-hybridized carbons (Fsp3) is 0.364. The second kappa shape index (κ2) is 4.87. The van der Waals surface area contributed by atoms with Crippen molar-refractivity contribution in [2.75, 3.05) is 7.11 Å². The van der Waals surface area contributed by atoms with Crippen molar-refractivity contribution in [2.24, 2.45) is 0 Å². The normalized spacial score (nSPS) is 12.3. The van der Waals surface area contributed by atoms with Gasteiger partial charge in [0.25, 0.3) is 0 Å². The van der Waals surface area contributed by atoms with Crippen LogP contribution < -0.4 is 0 Å². The third kappa shape index (κ3) is 2.75. The van der Waals surface area contributed by atoms with Crippen molar-refractivity contribution in [3.8, 4) is 0 Å². The van der Waals surface area contributed by atoms with Gasteiger partial charge in [-0.3, -0.25) is 4.79 Å². The molecule has 0 saturated heterocycles. The topological polar surface area (TPSA) is 26.3 Å². The molecule has 0 aliphatic carbocycles. The van der Waals surface area contributed by atoms with Crippen LogP contribution in [-0.4, -0.2) is 13.1 Å². The first-order valence-corrected chi connectivity index (χ1v) is 4.57. The zero-order valence-corrected chi connectivity index (χ0v) is 8.59. The van der Waals surface area contributed by atoms with Crippen LogP contribution in [0.25, 0.3) is 0 Å². The van der Waals surface area contributed by atoms with Crippen LogP contribution in [0.1, 0.15) is 24.8 Å². The minimum absolute atomic E-state index is 0.0334. The van der Waals surface area contributed by atoms with E-state index in [1.807, 2.05) is 0 Å². The Kier molecular flexibility index (Phi) is 3.77. The Bertz CT molecular complexity index is 343. The van der Waals surface area contributed by atoms with Crippen LogP contribution in [-0.2, 0) is 9.53 Å². The van der Waals surface area contributed by atoms with Crippen LogP contribution in [0.4, 0.5) is 8.78 Å². The molecule has 0 radical (unpaired) electrons. The molecule has 0 N–H and O–H groups in total. The number of ether oxygens (including phenoxy) is 1. The Labute approximate surface area is 86.9 Å². The molecule has 0 heterocycles. The second-order valence-electron chi connectivity index (χ2n) is 3.32. The molecule has 0 bridgehead atoms. The summed E-state index contributed by atoms with van der Waals surface area (Å²) in [6, 6.07) is 3.64. The van der Waals surface area contributed by atoms with Gasteiger partial charge in [-0.1, -0.05) is 13.0 Å². The average molecular weight is 214 g/mol. The molecule has 1 aromatic carbocycles. The predicted octanol–water partition coefficient (Wildman–Crippen LogP) is 2.63. The minimum Gasteiger partial charge on any atom is -0.469 e. The molecule has 1 aromatic rings. The van der Waals surface area contributed by atoms with Crippen LogP contribution in [0, 0.1) is 11.6 Å². The molecule has 0 fully saturated rings. The van der Waals surface area contributed by atoms with Crippen molar-refractivity contribution in [3.05, 3.63) is 35.4 Å². The van der Waals surface area contributed by atoms with E-state index in [4.69, 9.17) is 0 Å². The van der Waals surface area contributed by atoms with Gasteiger partial charge in [-0.15, -0.1) is 0 Å². The number of methoxy groups -OCH3 is 1. The maximum Gasteiger partial charge on any atom is 0.306 e. The van der Waals surface area contributed by atoms with Gasteiger partial charge in [0, 0.05) is 5.56 Å². The maximum atomic E-state index is 13.3. The molecule has 4 heteroatoms. The first-order valence-electron chi connectivity index (χ1n) is 4.57. The molecule has 2 nitrogen and oxygen atoms in total. The first kappa shape index (κ1) is 11.6. The Hall–Kier alpha value is -1.45. The molecule has 0 aliphatic rings. The van der Waals surface area contributed by atoms with Gasteiger partial charge in [0.2, 0.25) is 0 Å². The maximum absolute atomic E-state index is 13.3. The van der Waals surface area contributed by atoms with E-state index >= 15 is 0 Å². The van der Waals surface area contributed by atoms with Gasteiger partial charge < -0.3 is 4.74 Å². The van der Waals surface area contributed by atoms with Gasteiger partial charge >= 0.3 is 5.97 Å². The Morgan fingerprint density at radius 2 is 1.93 bits per heavy atom. The summed E-state index contributed by atoms with van der Waals surface area (Å²) >= 11 is 0. The minimum atomic E-state index is -0.633. The van der Waals surface area contributed by atoms with E-state index in [0.717, 1.165) is 0 Å². The van der Waals surface area contributed by atoms with Crippen molar-refractivity contribution < 1.29 is 18.3 Å². The molecule has 1 rings (SSSR count). The summed E-state index contributed by atoms with van der Waals surface area (Å²) in [6.07, 6.45) is -0.0334. The molecule has 15 heavy (non-hydrogen) atoms. The standard InChI is InChI=1S/C11H12F2O2/c1-7(6-10(14)15-2)11-8(12)4-3-5-9(11)13/h3-5,7H,6H2,1-2H3. The van der Waals surface area contributed by atoms with E-state index in [1.54, 1.807) is 6.92 Å². The zero-order chi connectivity index (χ0) is 11.4. The second-order valence-corrected chi connectivity index (χ2v) is 3.32. The molecule has 1 atom stereocenters. The van der Waals surface area contributed by atoms with E-state index < -0.39 is 23.5 Å². The lowest BCUT2D eigenvalue weighted by Gasteiger charge is -2.12. The zero-order valence-electron chi connectivity index (χ0n) is 8.59. The molecular formula is C11H12F2O2. The summed E-state index contributed by atoms with van der Waals surface area (Å²) in [7, 11) is 1.24. The molecule has 0 spiro atoms. The number of carbonyl (C=O) groups is 1. The smallest absolute Gasteiger partial charge is 0.306 e. The van der Waals surface area contributed by atoms with E-state index in [1.165, 1.54) is 25.3 Å². The van der Waals surface area contributed by atoms with Crippen molar-refractivity contribution in [1.82, 2.24) is 0 Å². The summed E-state index contributed by atoms with van der Waals surface area (Å²) < 4.78 is 31.0. The fourth-order valence-corrected chi connectivity index (χ4v) is 1.42. The van der Waals surface area contributed by atoms with Crippen LogP contribution in [0.2, 0.25) is 0 Å². The van der Waals surface area contributed by atoms with E-state index in [9.17, 15) is 13.6 Å². The van der Waals surface area contributed by atoms with Crippen LogP contribution in [0.15, 0.2) is 18.2 Å². The third-order valence-electron chi connectivity index (χ3n) is 2.19. The summed E-state index contributed by atoms with van der Waals surface area (Å²) in [5, 5.41) is 0. The van der Waals surface area contributed by atoms with Crippen molar-refractivity contribution in [3.63, 3.8) is 0 Å². The highest BCUT2D eigenvalue weighted by Crippen LogP contribution is 2.25. The highest BCUT2D eigenvalue weighted by Gasteiger charge is 2.18. The molecule has 82 valence electrons. The molecule has 0 aromatic heterocycles. The van der Waals surface area contributed by atoms with Crippen LogP contribution in [0.5, 0.6) is 0 Å². The van der Waals surface area contributed by atoms with Gasteiger partial charge in [0.15, 0.2) is 0 Å². The number of rotatable bonds is 3. The monoisotopic (exact) mass is 214 g/mol. The summed E-state index contributed by atoms with van der Waals surface area (Å²) in [6.45, 7) is 1.58. The number of hydrogen-bond acceptors (Lipinski definition) is 2. The summed E-state index contributed by atoms with van der Waals surface area (Å²) in [4.78, 5) is 11.0. The highest BCUT2D eigenvalue weighted by molar-refractivity contribution is 5.70. The predicted molar refractivity (Wildman–Crippen MR) is 51.4 cm³/mol. The number of halogens is 2. The third-order valence-corrected chi connectivity index (χ3v) is 2.19. The lowest BCUT2D eigenvalue weighted by molar-refractivity contribution is -0.141. The highest BCUT2D eigenvalue weighted by atomic mass is 19.1. The molecule has 1 unspecified atom stereocenters. The average Bonchev–Trinajstić information content (AvgIpc) is 2.17. The summed E-state index contributed by atoms with van der Waals surface area (Å²) in [5.74, 6) is -2.28. The van der Waals surface area contributed by atoms with Gasteiger partial charge in [-0.25, -0.2) is 8.78 Å². The Morgan fingerprint density at radius 1 is 1.40 bits per heavy atom. The lowest BCUT2D eigenvalue weighted by Crippen LogP contribution is -2.09. The van der Waals surface area contributed by atoms with Crippen molar-refractivity contribution in [1.29, 1.82) is 0 Å². The Balaban J connectivity index is 2.90. The largest absolute Gasteiger partial charge is 0.469 e. The molecule has 0 saturated carbocycles. The van der Waals surface area contributed by atoms with E-state index in [2.05, 4.69) is 4.74 Å². The van der Waals surface area contributed by atoms with E-state index in [-0.39, 0.29) is 12.0 Å². The van der Waals surface area contributed by atoms with Gasteiger partial charge in [-0.2, -0.15) is 0 Å². The summed E-state index contributed by atoms with van der Waals surface area (Å²) in [5.41, 5.74) is -0.0668. The quantitative estimate of drug-likeness (QED) is 0.723. The van der Waals surface area contributed by atoms with Crippen LogP contribution in [0.3, 0.4) is 0 Å².